The predicted octanol–water partition coefficient (Wildman–Crippen LogP) is 2.45. The summed E-state index contributed by atoms with van der Waals surface area (Å²) in [4.78, 5) is 13.8. The fourth-order valence-corrected chi connectivity index (χ4v) is 6.23. The second-order valence-electron chi connectivity index (χ2n) is 11.9. The fraction of sp³-hybridized carbons (Fsp3) is 0.593. The molecule has 3 saturated carbocycles. The molecule has 214 valence electrons. The van der Waals surface area contributed by atoms with Gasteiger partial charge in [0, 0.05) is 31.3 Å². The van der Waals surface area contributed by atoms with Gasteiger partial charge in [-0.3, -0.25) is 9.48 Å². The van der Waals surface area contributed by atoms with E-state index in [9.17, 15) is 18.0 Å². The van der Waals surface area contributed by atoms with Crippen LogP contribution >= 0.6 is 0 Å². The molecule has 3 aliphatic carbocycles. The maximum atomic E-state index is 13.8. The van der Waals surface area contributed by atoms with Gasteiger partial charge in [0.05, 0.1) is 11.4 Å². The van der Waals surface area contributed by atoms with Crippen LogP contribution in [-0.2, 0) is 16.9 Å². The van der Waals surface area contributed by atoms with E-state index < -0.39 is 24.3 Å². The molecule has 4 atom stereocenters. The van der Waals surface area contributed by atoms with E-state index in [1.54, 1.807) is 17.7 Å². The molecule has 5 N–H and O–H groups in total. The largest absolute Gasteiger partial charge is 0.406 e. The van der Waals surface area contributed by atoms with Gasteiger partial charge in [0.1, 0.15) is 30.8 Å². The van der Waals surface area contributed by atoms with Gasteiger partial charge in [-0.15, -0.1) is 10.2 Å². The van der Waals surface area contributed by atoms with Gasteiger partial charge in [-0.2, -0.15) is 18.3 Å². The summed E-state index contributed by atoms with van der Waals surface area (Å²) in [5.74, 6) is 1.59. The quantitative estimate of drug-likeness (QED) is 0.333. The lowest BCUT2D eigenvalue weighted by Crippen LogP contribution is -2.86. The number of halogens is 3. The SMILES string of the molecule is CC(C)n1nccc1C1=CC2CC2C(C2CC2)[C@@H](C(=O)N/C(C=N)=C/[NH2+]C2(c3nncn3CC(F)(F)F)CC2)N1. The normalized spacial score (nSPS) is 27.4. The Bertz CT molecular complexity index is 1350. The van der Waals surface area contributed by atoms with E-state index in [1.165, 1.54) is 0 Å². The lowest BCUT2D eigenvalue weighted by molar-refractivity contribution is -0.652. The standard InChI is InChI=1S/C27H34F3N9O/c1-15(2)39-21(5-8-34-39)20-10-17-9-19(17)22(16-3-4-16)23(36-20)24(40)35-18(11-31)12-32-26(6-7-26)25-37-33-14-38(25)13-27(28,29)30/h5,8,10-12,14-17,19,22-23,31-32,36H,3-4,6-7,9,13H2,1-2H3,(H,35,40)/p+1/b18-12+,31-11?/t17?,19?,22?,23-/m0/s1. The second-order valence-corrected chi connectivity index (χ2v) is 11.9. The maximum Gasteiger partial charge on any atom is 0.406 e. The lowest BCUT2D eigenvalue weighted by Gasteiger charge is -2.28. The number of aromatic nitrogens is 5. The van der Waals surface area contributed by atoms with Crippen LogP contribution < -0.4 is 16.0 Å². The van der Waals surface area contributed by atoms with Crippen molar-refractivity contribution in [1.29, 1.82) is 5.41 Å². The number of quaternary nitrogens is 1. The molecule has 3 heterocycles. The number of rotatable bonds is 10. The van der Waals surface area contributed by atoms with Crippen molar-refractivity contribution in [3.8, 4) is 0 Å². The van der Waals surface area contributed by atoms with Crippen LogP contribution in [0.4, 0.5) is 13.2 Å². The minimum absolute atomic E-state index is 0.164. The molecule has 0 radical (unpaired) electrons. The van der Waals surface area contributed by atoms with E-state index in [0.717, 1.165) is 47.8 Å². The Morgan fingerprint density at radius 2 is 2.12 bits per heavy atom. The van der Waals surface area contributed by atoms with Gasteiger partial charge in [-0.1, -0.05) is 6.08 Å². The molecule has 2 aromatic rings. The number of nitrogens with two attached hydrogens (primary N) is 1. The van der Waals surface area contributed by atoms with Gasteiger partial charge < -0.3 is 25.9 Å². The Balaban J connectivity index is 1.20. The summed E-state index contributed by atoms with van der Waals surface area (Å²) in [5, 5.41) is 28.3. The molecule has 4 aliphatic rings. The summed E-state index contributed by atoms with van der Waals surface area (Å²) in [7, 11) is 0. The van der Waals surface area contributed by atoms with Crippen molar-refractivity contribution in [3.05, 3.63) is 48.1 Å². The molecule has 10 nitrogen and oxygen atoms in total. The zero-order chi connectivity index (χ0) is 28.2. The number of amides is 1. The number of carbonyl (C=O) groups is 1. The fourth-order valence-electron chi connectivity index (χ4n) is 6.23. The van der Waals surface area contributed by atoms with Gasteiger partial charge in [0.25, 0.3) is 0 Å². The second kappa shape index (κ2) is 9.86. The lowest BCUT2D eigenvalue weighted by atomic mass is 9.88. The molecule has 13 heteroatoms. The van der Waals surface area contributed by atoms with E-state index in [2.05, 4.69) is 45.9 Å². The maximum absolute atomic E-state index is 13.8. The van der Waals surface area contributed by atoms with Crippen LogP contribution in [0, 0.1) is 29.1 Å². The Labute approximate surface area is 230 Å². The van der Waals surface area contributed by atoms with Gasteiger partial charge in [0.2, 0.25) is 5.91 Å². The van der Waals surface area contributed by atoms with E-state index in [-0.39, 0.29) is 29.4 Å². The Kier molecular flexibility index (Phi) is 6.59. The summed E-state index contributed by atoms with van der Waals surface area (Å²) >= 11 is 0. The predicted molar refractivity (Wildman–Crippen MR) is 139 cm³/mol. The Morgan fingerprint density at radius 1 is 1.35 bits per heavy atom. The minimum Gasteiger partial charge on any atom is -0.372 e. The highest BCUT2D eigenvalue weighted by Crippen LogP contribution is 2.56. The van der Waals surface area contributed by atoms with E-state index >= 15 is 0 Å². The zero-order valence-corrected chi connectivity index (χ0v) is 22.5. The highest BCUT2D eigenvalue weighted by Gasteiger charge is 2.55. The van der Waals surface area contributed by atoms with Crippen molar-refractivity contribution in [2.75, 3.05) is 0 Å². The number of carbonyl (C=O) groups excluding carboxylic acids is 1. The highest BCUT2D eigenvalue weighted by molar-refractivity contribution is 5.91. The topological polar surface area (TPSA) is 130 Å². The number of fused-ring (bicyclic) bond motifs is 1. The van der Waals surface area contributed by atoms with Crippen molar-refractivity contribution in [3.63, 3.8) is 0 Å². The average Bonchev–Trinajstić information content (AvgIpc) is 3.84. The summed E-state index contributed by atoms with van der Waals surface area (Å²) in [6, 6.07) is 1.66. The number of allylic oxidation sites excluding steroid dienone is 2. The third-order valence-electron chi connectivity index (χ3n) is 8.55. The molecule has 0 spiro atoms. The van der Waals surface area contributed by atoms with Gasteiger partial charge >= 0.3 is 6.18 Å². The Hall–Kier alpha value is -3.48. The summed E-state index contributed by atoms with van der Waals surface area (Å²) in [5.41, 5.74) is 1.45. The van der Waals surface area contributed by atoms with E-state index in [0.29, 0.717) is 30.6 Å². The monoisotopic (exact) mass is 558 g/mol. The zero-order valence-electron chi connectivity index (χ0n) is 22.5. The first-order valence-corrected chi connectivity index (χ1v) is 13.9. The van der Waals surface area contributed by atoms with E-state index in [4.69, 9.17) is 5.41 Å². The van der Waals surface area contributed by atoms with Crippen molar-refractivity contribution < 1.29 is 23.3 Å². The summed E-state index contributed by atoms with van der Waals surface area (Å²) in [6.07, 6.45) is 7.93. The number of nitrogens with zero attached hydrogens (tertiary/aromatic N) is 5. The van der Waals surface area contributed by atoms with Crippen LogP contribution in [0.25, 0.3) is 5.70 Å². The molecule has 0 saturated heterocycles. The number of alkyl halides is 3. The van der Waals surface area contributed by atoms with Crippen molar-refractivity contribution in [1.82, 2.24) is 35.2 Å². The molecule has 6 rings (SSSR count). The van der Waals surface area contributed by atoms with Crippen LogP contribution in [0.5, 0.6) is 0 Å². The third-order valence-corrected chi connectivity index (χ3v) is 8.55. The third kappa shape index (κ3) is 5.30. The summed E-state index contributed by atoms with van der Waals surface area (Å²) < 4.78 is 42.1. The van der Waals surface area contributed by atoms with Crippen LogP contribution in [-0.4, -0.2) is 48.9 Å². The highest BCUT2D eigenvalue weighted by atomic mass is 19.4. The molecule has 0 bridgehead atoms. The van der Waals surface area contributed by atoms with Gasteiger partial charge in [-0.25, -0.2) is 0 Å². The molecule has 40 heavy (non-hydrogen) atoms. The van der Waals surface area contributed by atoms with Crippen LogP contribution in [0.2, 0.25) is 0 Å². The minimum atomic E-state index is -4.39. The van der Waals surface area contributed by atoms with Crippen LogP contribution in [0.1, 0.15) is 63.5 Å². The van der Waals surface area contributed by atoms with Crippen molar-refractivity contribution in [2.24, 2.45) is 23.7 Å². The molecule has 1 amide bonds. The first kappa shape index (κ1) is 26.7. The number of hydrogen-bond donors (Lipinski definition) is 4. The molecule has 1 aliphatic heterocycles. The van der Waals surface area contributed by atoms with Crippen molar-refractivity contribution >= 4 is 17.8 Å². The first-order valence-electron chi connectivity index (χ1n) is 13.9. The van der Waals surface area contributed by atoms with E-state index in [1.807, 2.05) is 10.7 Å². The average molecular weight is 559 g/mol. The molecular formula is C27H35F3N9O+. The molecular weight excluding hydrogens is 523 g/mol. The van der Waals surface area contributed by atoms with Gasteiger partial charge in [0.15, 0.2) is 11.4 Å². The smallest absolute Gasteiger partial charge is 0.372 e. The van der Waals surface area contributed by atoms with Crippen LogP contribution in [0.3, 0.4) is 0 Å². The van der Waals surface area contributed by atoms with Gasteiger partial charge in [-0.05, 0) is 62.8 Å². The number of nitrogens with one attached hydrogen (secondary N) is 3. The Morgan fingerprint density at radius 3 is 2.77 bits per heavy atom. The first-order chi connectivity index (χ1) is 19.1. The molecule has 3 unspecified atom stereocenters. The van der Waals surface area contributed by atoms with Crippen LogP contribution in [0.15, 0.2) is 36.6 Å². The summed E-state index contributed by atoms with van der Waals surface area (Å²) in [6.45, 7) is 2.98. The molecule has 3 fully saturated rings. The molecule has 2 aromatic heterocycles. The number of hydrogen-bond acceptors (Lipinski definition) is 6. The van der Waals surface area contributed by atoms with Crippen molar-refractivity contribution in [2.45, 2.75) is 76.3 Å². The molecule has 0 aromatic carbocycles.